The summed E-state index contributed by atoms with van der Waals surface area (Å²) in [6.45, 7) is 0. The van der Waals surface area contributed by atoms with E-state index in [1.807, 2.05) is 0 Å². The van der Waals surface area contributed by atoms with Crippen LogP contribution in [0.5, 0.6) is 0 Å². The summed E-state index contributed by atoms with van der Waals surface area (Å²) in [5.74, 6) is 0. The normalized spacial score (nSPS) is 18.9. The van der Waals surface area contributed by atoms with Crippen molar-refractivity contribution in [1.29, 1.82) is 0 Å². The van der Waals surface area contributed by atoms with Crippen LogP contribution in [-0.2, 0) is 0 Å². The molecule has 0 atom stereocenters. The number of rotatable bonds is 3. The third-order valence-electron chi connectivity index (χ3n) is 7.35. The number of benzene rings is 8. The topological polar surface area (TPSA) is 13.1 Å². The summed E-state index contributed by atoms with van der Waals surface area (Å²) in [5, 5.41) is -2.77. The van der Waals surface area contributed by atoms with Gasteiger partial charge in [0, 0.05) is 10.8 Å². The van der Waals surface area contributed by atoms with Crippen LogP contribution in [0, 0.1) is 0 Å². The molecule has 1 heteroatoms. The van der Waals surface area contributed by atoms with Crippen molar-refractivity contribution in [3.8, 4) is 33.4 Å². The van der Waals surface area contributed by atoms with Gasteiger partial charge in [0.05, 0.1) is 30.2 Å². The summed E-state index contributed by atoms with van der Waals surface area (Å²) in [4.78, 5) is 0. The second-order valence-electron chi connectivity index (χ2n) is 9.59. The zero-order chi connectivity index (χ0) is 47.5. The number of hydrogen-bond donors (Lipinski definition) is 0. The minimum absolute atomic E-state index is 0.0248. The van der Waals surface area contributed by atoms with Crippen molar-refractivity contribution in [3.63, 3.8) is 0 Å². The number of para-hydroxylation sites is 1. The Morgan fingerprint density at radius 1 is 0.349 bits per heavy atom. The first-order chi connectivity index (χ1) is 30.5. The highest BCUT2D eigenvalue weighted by Gasteiger charge is 2.19. The fourth-order valence-corrected chi connectivity index (χ4v) is 5.55. The molecule has 8 aromatic carbocycles. The lowest BCUT2D eigenvalue weighted by molar-refractivity contribution is 0.669. The SMILES string of the molecule is [2H]c1cc(-c2c([2H])c([2H])c([2H])c3c(-c4c5c([2H])c([2H])c([2H])c([2H])c5c(-c5ccc6oc7c([2H])c([2H])c([2H])c([2H])c7c6c5)c5c([2H])c([2H])c([2H])c([2H])c45)c([2H])c([2H])c([2H])c23)c([2H])c([2H])c1[2H]. The maximum Gasteiger partial charge on any atom is 0.135 e. The molecular formula is C42H26O. The second-order valence-corrected chi connectivity index (χ2v) is 9.59. The molecule has 0 fully saturated rings. The summed E-state index contributed by atoms with van der Waals surface area (Å²) in [6, 6.07) is -11.2. The van der Waals surface area contributed by atoms with Crippen molar-refractivity contribution in [1.82, 2.24) is 0 Å². The molecule has 0 amide bonds. The Hall–Kier alpha value is -5.66. The van der Waals surface area contributed by atoms with Gasteiger partial charge in [0.15, 0.2) is 0 Å². The van der Waals surface area contributed by atoms with Gasteiger partial charge in [-0.3, -0.25) is 0 Å². The fourth-order valence-electron chi connectivity index (χ4n) is 5.55. The monoisotopic (exact) mass is 568 g/mol. The molecule has 0 aliphatic carbocycles. The third kappa shape index (κ3) is 3.65. The molecule has 43 heavy (non-hydrogen) atoms. The molecule has 0 bridgehead atoms. The molecule has 200 valence electrons. The van der Waals surface area contributed by atoms with Crippen molar-refractivity contribution in [2.75, 3.05) is 0 Å². The molecule has 0 saturated heterocycles. The van der Waals surface area contributed by atoms with E-state index < -0.39 is 188 Å². The van der Waals surface area contributed by atoms with Crippen LogP contribution in [0.1, 0.15) is 30.2 Å². The second kappa shape index (κ2) is 9.44. The molecule has 0 unspecified atom stereocenters. The van der Waals surface area contributed by atoms with Gasteiger partial charge in [0.1, 0.15) is 11.2 Å². The average molecular weight is 569 g/mol. The summed E-state index contributed by atoms with van der Waals surface area (Å²) in [7, 11) is 0. The number of furan rings is 1. The van der Waals surface area contributed by atoms with Gasteiger partial charge in [-0.1, -0.05) is 139 Å². The Balaban J connectivity index is 1.60. The standard InChI is InChI=1S/C42H26O/c1-2-12-27(13-3-1)29-19-10-21-31-30(29)20-11-22-33(31)42-36-17-6-4-15-34(36)41(35-16-5-7-18-37(35)42)28-24-25-40-38(26-28)32-14-8-9-23-39(32)43-40/h1-26H/i1D,2D,3D,4D,5D,6D,7D,8D,9D,10D,11D,12D,14D,15D,16D,17D,18D,19D,20D,21D,22D,23D. The number of hydrogen-bond acceptors (Lipinski definition) is 1. The minimum Gasteiger partial charge on any atom is -0.456 e. The molecular weight excluding hydrogens is 520 g/mol. The predicted molar refractivity (Wildman–Crippen MR) is 183 cm³/mol. The molecule has 0 radical (unpaired) electrons. The van der Waals surface area contributed by atoms with Crippen LogP contribution in [0.2, 0.25) is 0 Å². The van der Waals surface area contributed by atoms with Crippen molar-refractivity contribution in [3.05, 3.63) is 157 Å². The van der Waals surface area contributed by atoms with Gasteiger partial charge >= 0.3 is 0 Å². The van der Waals surface area contributed by atoms with Gasteiger partial charge in [0.2, 0.25) is 0 Å². The van der Waals surface area contributed by atoms with Crippen LogP contribution in [0.25, 0.3) is 87.6 Å². The Labute approximate surface area is 280 Å². The van der Waals surface area contributed by atoms with E-state index in [-0.39, 0.29) is 33.1 Å². The van der Waals surface area contributed by atoms with Crippen LogP contribution in [0.15, 0.2) is 162 Å². The van der Waals surface area contributed by atoms with E-state index >= 15 is 0 Å². The lowest BCUT2D eigenvalue weighted by atomic mass is 9.84. The summed E-state index contributed by atoms with van der Waals surface area (Å²) in [5.41, 5.74) is -2.35. The summed E-state index contributed by atoms with van der Waals surface area (Å²) >= 11 is 0. The molecule has 0 aliphatic rings. The molecule has 0 N–H and O–H groups in total. The lowest BCUT2D eigenvalue weighted by Crippen LogP contribution is -1.92. The van der Waals surface area contributed by atoms with E-state index in [1.54, 1.807) is 0 Å². The van der Waals surface area contributed by atoms with E-state index in [0.717, 1.165) is 6.07 Å². The van der Waals surface area contributed by atoms with Gasteiger partial charge < -0.3 is 4.42 Å². The average Bonchev–Trinajstić information content (AvgIpc) is 3.68. The smallest absolute Gasteiger partial charge is 0.135 e. The highest BCUT2D eigenvalue weighted by Crippen LogP contribution is 2.46. The Kier molecular flexibility index (Phi) is 2.39. The van der Waals surface area contributed by atoms with E-state index in [0.29, 0.717) is 0 Å². The van der Waals surface area contributed by atoms with E-state index in [9.17, 15) is 8.22 Å². The molecule has 1 aromatic heterocycles. The lowest BCUT2D eigenvalue weighted by Gasteiger charge is -2.19. The van der Waals surface area contributed by atoms with Crippen LogP contribution in [0.3, 0.4) is 0 Å². The summed E-state index contributed by atoms with van der Waals surface area (Å²) < 4.78 is 201. The van der Waals surface area contributed by atoms with Gasteiger partial charge in [-0.05, 0) is 83.9 Å². The molecule has 9 rings (SSSR count). The van der Waals surface area contributed by atoms with Crippen molar-refractivity contribution in [2.24, 2.45) is 0 Å². The zero-order valence-corrected chi connectivity index (χ0v) is 21.7. The largest absolute Gasteiger partial charge is 0.456 e. The maximum atomic E-state index is 9.44. The van der Waals surface area contributed by atoms with Crippen molar-refractivity contribution in [2.45, 2.75) is 0 Å². The molecule has 0 spiro atoms. The van der Waals surface area contributed by atoms with Gasteiger partial charge in [-0.2, -0.15) is 0 Å². The first kappa shape index (κ1) is 10.9. The zero-order valence-electron chi connectivity index (χ0n) is 43.7. The van der Waals surface area contributed by atoms with Gasteiger partial charge in [-0.15, -0.1) is 0 Å². The molecule has 1 nitrogen and oxygen atoms in total. The number of fused-ring (bicyclic) bond motifs is 6. The first-order valence-corrected chi connectivity index (χ1v) is 13.0. The Morgan fingerprint density at radius 2 is 0.930 bits per heavy atom. The summed E-state index contributed by atoms with van der Waals surface area (Å²) in [6.07, 6.45) is 0. The van der Waals surface area contributed by atoms with E-state index in [4.69, 9.17) is 26.3 Å². The molecule has 1 heterocycles. The van der Waals surface area contributed by atoms with Crippen LogP contribution < -0.4 is 0 Å². The maximum absolute atomic E-state index is 9.44. The van der Waals surface area contributed by atoms with E-state index in [2.05, 4.69) is 0 Å². The highest BCUT2D eigenvalue weighted by atomic mass is 16.3. The quantitative estimate of drug-likeness (QED) is 0.193. The third-order valence-corrected chi connectivity index (χ3v) is 7.35. The predicted octanol–water partition coefficient (Wildman–Crippen LogP) is 12.0. The van der Waals surface area contributed by atoms with Crippen LogP contribution >= 0.6 is 0 Å². The first-order valence-electron chi connectivity index (χ1n) is 24.0. The fraction of sp³-hybridized carbons (Fsp3) is 0. The Bertz CT molecular complexity index is 3660. The van der Waals surface area contributed by atoms with Gasteiger partial charge in [0.25, 0.3) is 0 Å². The molecule has 0 saturated carbocycles. The highest BCUT2D eigenvalue weighted by molar-refractivity contribution is 6.24. The van der Waals surface area contributed by atoms with Crippen molar-refractivity contribution >= 4 is 54.3 Å². The molecule has 9 aromatic rings. The van der Waals surface area contributed by atoms with Crippen LogP contribution in [0.4, 0.5) is 0 Å². The van der Waals surface area contributed by atoms with Crippen LogP contribution in [-0.4, -0.2) is 0 Å². The van der Waals surface area contributed by atoms with Gasteiger partial charge in [-0.25, -0.2) is 0 Å². The van der Waals surface area contributed by atoms with Crippen molar-refractivity contribution < 1.29 is 34.6 Å². The minimum atomic E-state index is -0.903. The van der Waals surface area contributed by atoms with E-state index in [1.165, 1.54) is 18.2 Å². The molecule has 0 aliphatic heterocycles. The Morgan fingerprint density at radius 3 is 1.67 bits per heavy atom.